The van der Waals surface area contributed by atoms with Gasteiger partial charge in [-0.05, 0) is 42.8 Å². The first-order chi connectivity index (χ1) is 10.9. The molecule has 6 heteroatoms. The molecule has 0 amide bonds. The van der Waals surface area contributed by atoms with E-state index in [1.807, 2.05) is 0 Å². The molecule has 0 atom stereocenters. The van der Waals surface area contributed by atoms with E-state index in [1.165, 1.54) is 6.07 Å². The molecule has 0 fully saturated rings. The molecule has 118 valence electrons. The highest BCUT2D eigenvalue weighted by molar-refractivity contribution is 6.35. The van der Waals surface area contributed by atoms with Crippen LogP contribution in [0.15, 0.2) is 45.6 Å². The van der Waals surface area contributed by atoms with Crippen molar-refractivity contribution in [2.24, 2.45) is 0 Å². The average Bonchev–Trinajstić information content (AvgIpc) is 2.48. The molecule has 0 aliphatic rings. The van der Waals surface area contributed by atoms with Crippen LogP contribution in [0.2, 0.25) is 10.0 Å². The van der Waals surface area contributed by atoms with E-state index in [0.29, 0.717) is 27.7 Å². The maximum Gasteiger partial charge on any atom is 0.336 e. The van der Waals surface area contributed by atoms with E-state index >= 15 is 0 Å². The fourth-order valence-corrected chi connectivity index (χ4v) is 2.94. The number of halogens is 2. The number of rotatable bonds is 3. The summed E-state index contributed by atoms with van der Waals surface area (Å²) in [4.78, 5) is 11.8. The van der Waals surface area contributed by atoms with Gasteiger partial charge in [0.25, 0.3) is 0 Å². The van der Waals surface area contributed by atoms with Crippen LogP contribution in [0.3, 0.4) is 0 Å². The van der Waals surface area contributed by atoms with Crippen molar-refractivity contribution in [3.05, 3.63) is 68.0 Å². The van der Waals surface area contributed by atoms with Crippen LogP contribution in [-0.2, 0) is 6.54 Å². The zero-order valence-corrected chi connectivity index (χ0v) is 13.7. The molecule has 1 aromatic heterocycles. The highest BCUT2D eigenvalue weighted by atomic mass is 35.5. The van der Waals surface area contributed by atoms with Crippen molar-refractivity contribution in [1.82, 2.24) is 0 Å². The monoisotopic (exact) mass is 349 g/mol. The summed E-state index contributed by atoms with van der Waals surface area (Å²) in [5.74, 6) is 0.0902. The van der Waals surface area contributed by atoms with Gasteiger partial charge in [-0.1, -0.05) is 23.2 Å². The summed E-state index contributed by atoms with van der Waals surface area (Å²) in [6.45, 7) is 2.09. The van der Waals surface area contributed by atoms with Crippen LogP contribution in [-0.4, -0.2) is 5.11 Å². The summed E-state index contributed by atoms with van der Waals surface area (Å²) in [5, 5.41) is 14.8. The number of fused-ring (bicyclic) bond motifs is 1. The first-order valence-electron chi connectivity index (χ1n) is 6.89. The number of nitrogens with one attached hydrogen (secondary N) is 1. The summed E-state index contributed by atoms with van der Waals surface area (Å²) in [6.07, 6.45) is 0. The van der Waals surface area contributed by atoms with E-state index in [4.69, 9.17) is 27.6 Å². The second kappa shape index (κ2) is 6.14. The lowest BCUT2D eigenvalue weighted by atomic mass is 10.1. The van der Waals surface area contributed by atoms with Crippen molar-refractivity contribution in [2.75, 3.05) is 5.32 Å². The van der Waals surface area contributed by atoms with Gasteiger partial charge in [-0.2, -0.15) is 0 Å². The highest BCUT2D eigenvalue weighted by Gasteiger charge is 2.10. The predicted molar refractivity (Wildman–Crippen MR) is 92.7 cm³/mol. The van der Waals surface area contributed by atoms with Gasteiger partial charge in [-0.3, -0.25) is 0 Å². The fourth-order valence-electron chi connectivity index (χ4n) is 2.42. The number of phenols is 1. The van der Waals surface area contributed by atoms with Gasteiger partial charge in [0.1, 0.15) is 11.3 Å². The van der Waals surface area contributed by atoms with Gasteiger partial charge in [0.05, 0.1) is 0 Å². The minimum Gasteiger partial charge on any atom is -0.508 e. The summed E-state index contributed by atoms with van der Waals surface area (Å²) in [6, 6.07) is 9.88. The third kappa shape index (κ3) is 3.28. The molecule has 2 N–H and O–H groups in total. The SMILES string of the molecule is Cc1c(O)ccc2c(CNc3cc(Cl)cc(Cl)c3)cc(=O)oc12. The fraction of sp³-hybridized carbons (Fsp3) is 0.118. The third-order valence-electron chi connectivity index (χ3n) is 3.56. The third-order valence-corrected chi connectivity index (χ3v) is 4.00. The van der Waals surface area contributed by atoms with E-state index in [2.05, 4.69) is 5.32 Å². The van der Waals surface area contributed by atoms with Gasteiger partial charge in [-0.15, -0.1) is 0 Å². The number of phenolic OH excluding ortho intramolecular Hbond substituents is 1. The summed E-state index contributed by atoms with van der Waals surface area (Å²) < 4.78 is 5.22. The Kier molecular flexibility index (Phi) is 4.20. The van der Waals surface area contributed by atoms with Gasteiger partial charge in [0.15, 0.2) is 0 Å². The minimum atomic E-state index is -0.466. The smallest absolute Gasteiger partial charge is 0.336 e. The van der Waals surface area contributed by atoms with E-state index in [0.717, 1.165) is 16.6 Å². The molecule has 0 unspecified atom stereocenters. The molecule has 0 aliphatic carbocycles. The molecule has 0 saturated heterocycles. The lowest BCUT2D eigenvalue weighted by Crippen LogP contribution is -2.06. The van der Waals surface area contributed by atoms with Crippen molar-refractivity contribution in [3.63, 3.8) is 0 Å². The zero-order valence-electron chi connectivity index (χ0n) is 12.2. The lowest BCUT2D eigenvalue weighted by molar-refractivity contribution is 0.468. The van der Waals surface area contributed by atoms with Crippen molar-refractivity contribution in [2.45, 2.75) is 13.5 Å². The van der Waals surface area contributed by atoms with Crippen LogP contribution in [0.25, 0.3) is 11.0 Å². The molecule has 0 saturated carbocycles. The number of hydrogen-bond acceptors (Lipinski definition) is 4. The Morgan fingerprint density at radius 2 is 1.83 bits per heavy atom. The van der Waals surface area contributed by atoms with Crippen LogP contribution in [0, 0.1) is 6.92 Å². The Labute approximate surface area is 142 Å². The number of hydrogen-bond donors (Lipinski definition) is 2. The first kappa shape index (κ1) is 15.7. The average molecular weight is 350 g/mol. The largest absolute Gasteiger partial charge is 0.508 e. The predicted octanol–water partition coefficient (Wildman–Crippen LogP) is 4.73. The van der Waals surface area contributed by atoms with Gasteiger partial charge < -0.3 is 14.8 Å². The molecular weight excluding hydrogens is 337 g/mol. The summed E-state index contributed by atoms with van der Waals surface area (Å²) in [5.41, 5.74) is 1.97. The topological polar surface area (TPSA) is 62.5 Å². The minimum absolute atomic E-state index is 0.0902. The van der Waals surface area contributed by atoms with E-state index in [9.17, 15) is 9.90 Å². The second-order valence-electron chi connectivity index (χ2n) is 5.19. The standard InChI is InChI=1S/C17H13Cl2NO3/c1-9-15(21)3-2-14-10(4-16(22)23-17(9)14)8-20-13-6-11(18)5-12(19)7-13/h2-7,20-21H,8H2,1H3. The molecule has 3 aromatic rings. The Balaban J connectivity index is 2.00. The van der Waals surface area contributed by atoms with Crippen molar-refractivity contribution >= 4 is 39.9 Å². The van der Waals surface area contributed by atoms with E-state index < -0.39 is 5.63 Å². The van der Waals surface area contributed by atoms with Crippen LogP contribution < -0.4 is 10.9 Å². The molecule has 0 radical (unpaired) electrons. The molecule has 0 bridgehead atoms. The molecule has 23 heavy (non-hydrogen) atoms. The molecule has 0 aliphatic heterocycles. The molecule has 0 spiro atoms. The number of benzene rings is 2. The first-order valence-corrected chi connectivity index (χ1v) is 7.65. The normalized spacial score (nSPS) is 10.9. The molecule has 4 nitrogen and oxygen atoms in total. The zero-order chi connectivity index (χ0) is 16.6. The van der Waals surface area contributed by atoms with Crippen LogP contribution in [0.5, 0.6) is 5.75 Å². The Morgan fingerprint density at radius 3 is 2.52 bits per heavy atom. The van der Waals surface area contributed by atoms with Crippen LogP contribution >= 0.6 is 23.2 Å². The Hall–Kier alpha value is -2.17. The van der Waals surface area contributed by atoms with Gasteiger partial charge >= 0.3 is 5.63 Å². The summed E-state index contributed by atoms with van der Waals surface area (Å²) >= 11 is 11.9. The van der Waals surface area contributed by atoms with Crippen molar-refractivity contribution in [1.29, 1.82) is 0 Å². The lowest BCUT2D eigenvalue weighted by Gasteiger charge is -2.11. The van der Waals surface area contributed by atoms with Gasteiger partial charge in [0.2, 0.25) is 0 Å². The number of aryl methyl sites for hydroxylation is 1. The van der Waals surface area contributed by atoms with E-state index in [1.54, 1.807) is 37.3 Å². The number of aromatic hydroxyl groups is 1. The molecule has 3 rings (SSSR count). The maximum atomic E-state index is 11.8. The van der Waals surface area contributed by atoms with Crippen molar-refractivity contribution in [3.8, 4) is 5.75 Å². The van der Waals surface area contributed by atoms with Crippen molar-refractivity contribution < 1.29 is 9.52 Å². The van der Waals surface area contributed by atoms with Crippen LogP contribution in [0.4, 0.5) is 5.69 Å². The molecule has 2 aromatic carbocycles. The second-order valence-corrected chi connectivity index (χ2v) is 6.06. The number of anilines is 1. The summed E-state index contributed by atoms with van der Waals surface area (Å²) in [7, 11) is 0. The van der Waals surface area contributed by atoms with Gasteiger partial charge in [0, 0.05) is 39.3 Å². The quantitative estimate of drug-likeness (QED) is 0.671. The van der Waals surface area contributed by atoms with E-state index in [-0.39, 0.29) is 5.75 Å². The highest BCUT2D eigenvalue weighted by Crippen LogP contribution is 2.28. The maximum absolute atomic E-state index is 11.8. The van der Waals surface area contributed by atoms with Gasteiger partial charge in [-0.25, -0.2) is 4.79 Å². The Morgan fingerprint density at radius 1 is 1.13 bits per heavy atom. The van der Waals surface area contributed by atoms with Crippen LogP contribution in [0.1, 0.15) is 11.1 Å². The molecule has 1 heterocycles. The Bertz CT molecular complexity index is 930. The molecular formula is C17H13Cl2NO3.